The van der Waals surface area contributed by atoms with Crippen molar-refractivity contribution in [2.75, 3.05) is 0 Å². The largest absolute Gasteiger partial charge is 0.0835 e. The van der Waals surface area contributed by atoms with Crippen LogP contribution in [0, 0.1) is 0 Å². The summed E-state index contributed by atoms with van der Waals surface area (Å²) in [5, 5.41) is 1.21. The maximum absolute atomic E-state index is 6.05. The molecular weight excluding hydrogens is 355 g/mol. The maximum Gasteiger partial charge on any atom is 0.0595 e. The molecule has 1 atom stereocenters. The highest BCUT2D eigenvalue weighted by Gasteiger charge is 2.10. The fourth-order valence-corrected chi connectivity index (χ4v) is 3.08. The van der Waals surface area contributed by atoms with E-state index in [0.29, 0.717) is 16.0 Å². The molecule has 1 unspecified atom stereocenters. The maximum atomic E-state index is 6.05. The van der Waals surface area contributed by atoms with E-state index < -0.39 is 0 Å². The molecule has 0 aromatic heterocycles. The van der Waals surface area contributed by atoms with E-state index in [9.17, 15) is 0 Å². The van der Waals surface area contributed by atoms with Gasteiger partial charge in [-0.3, -0.25) is 0 Å². The third-order valence-electron chi connectivity index (χ3n) is 3.36. The number of alkyl halides is 1. The highest BCUT2D eigenvalue weighted by Crippen LogP contribution is 2.30. The average Bonchev–Trinajstić information content (AvgIpc) is 2.43. The molecule has 0 N–H and O–H groups in total. The van der Waals surface area contributed by atoms with Gasteiger partial charge in [0.15, 0.2) is 0 Å². The van der Waals surface area contributed by atoms with Gasteiger partial charge in [-0.2, -0.15) is 0 Å². The van der Waals surface area contributed by atoms with Crippen molar-refractivity contribution in [3.63, 3.8) is 0 Å². The lowest BCUT2D eigenvalue weighted by Gasteiger charge is -2.13. The fraction of sp³-hybridized carbons (Fsp3) is 0.294. The monoisotopic (exact) mass is 370 g/mol. The highest BCUT2D eigenvalue weighted by atomic mass is 79.9. The molecular formula is C17H17BrCl2. The molecule has 2 aromatic rings. The summed E-state index contributed by atoms with van der Waals surface area (Å²) in [5.41, 5.74) is 3.82. The molecule has 3 heteroatoms. The summed E-state index contributed by atoms with van der Waals surface area (Å²) in [6.07, 6.45) is 0.887. The van der Waals surface area contributed by atoms with E-state index in [1.807, 2.05) is 18.2 Å². The Kier molecular flexibility index (Phi) is 5.54. The van der Waals surface area contributed by atoms with Gasteiger partial charge in [0.05, 0.1) is 10.0 Å². The topological polar surface area (TPSA) is 0 Å². The van der Waals surface area contributed by atoms with E-state index in [0.717, 1.165) is 6.42 Å². The molecule has 0 bridgehead atoms. The quantitative estimate of drug-likeness (QED) is 0.518. The van der Waals surface area contributed by atoms with Gasteiger partial charge < -0.3 is 0 Å². The van der Waals surface area contributed by atoms with Crippen molar-refractivity contribution in [3.05, 3.63) is 69.2 Å². The summed E-state index contributed by atoms with van der Waals surface area (Å²) in [6.45, 7) is 4.41. The van der Waals surface area contributed by atoms with Gasteiger partial charge in [-0.25, -0.2) is 0 Å². The van der Waals surface area contributed by atoms with Crippen LogP contribution < -0.4 is 0 Å². The molecule has 0 heterocycles. The van der Waals surface area contributed by atoms with Crippen molar-refractivity contribution >= 4 is 39.1 Å². The van der Waals surface area contributed by atoms with E-state index in [2.05, 4.69) is 54.0 Å². The SMILES string of the molecule is CC(C)c1ccc(C(Br)Cc2ccc(Cl)c(Cl)c2)cc1. The molecule has 0 nitrogen and oxygen atoms in total. The summed E-state index contributed by atoms with van der Waals surface area (Å²) in [6, 6.07) is 14.6. The highest BCUT2D eigenvalue weighted by molar-refractivity contribution is 9.09. The lowest BCUT2D eigenvalue weighted by molar-refractivity contribution is 0.862. The molecule has 0 fully saturated rings. The Hall–Kier alpha value is -0.500. The van der Waals surface area contributed by atoms with Crippen LogP contribution in [0.3, 0.4) is 0 Å². The van der Waals surface area contributed by atoms with Gasteiger partial charge in [-0.15, -0.1) is 0 Å². The smallest absolute Gasteiger partial charge is 0.0595 e. The Labute approximate surface area is 139 Å². The second kappa shape index (κ2) is 6.98. The number of benzene rings is 2. The summed E-state index contributed by atoms with van der Waals surface area (Å²) >= 11 is 15.7. The number of hydrogen-bond donors (Lipinski definition) is 0. The first kappa shape index (κ1) is 15.9. The van der Waals surface area contributed by atoms with E-state index in [1.165, 1.54) is 16.7 Å². The molecule has 2 rings (SSSR count). The van der Waals surface area contributed by atoms with Gasteiger partial charge in [0, 0.05) is 4.83 Å². The van der Waals surface area contributed by atoms with Gasteiger partial charge in [-0.1, -0.05) is 83.3 Å². The van der Waals surface area contributed by atoms with Crippen molar-refractivity contribution in [1.82, 2.24) is 0 Å². The van der Waals surface area contributed by atoms with E-state index in [1.54, 1.807) is 0 Å². The molecule has 0 aliphatic carbocycles. The number of halogens is 3. The minimum Gasteiger partial charge on any atom is -0.0835 e. The molecule has 106 valence electrons. The van der Waals surface area contributed by atoms with Crippen LogP contribution in [0.15, 0.2) is 42.5 Å². The molecule has 0 radical (unpaired) electrons. The zero-order valence-electron chi connectivity index (χ0n) is 11.5. The number of hydrogen-bond acceptors (Lipinski definition) is 0. The second-order valence-corrected chi connectivity index (χ2v) is 7.16. The Morgan fingerprint density at radius 1 is 0.900 bits per heavy atom. The van der Waals surface area contributed by atoms with Crippen LogP contribution in [0.5, 0.6) is 0 Å². The first-order valence-electron chi connectivity index (χ1n) is 6.65. The molecule has 0 saturated carbocycles. The average molecular weight is 372 g/mol. The zero-order chi connectivity index (χ0) is 14.7. The van der Waals surface area contributed by atoms with Crippen LogP contribution in [0.2, 0.25) is 10.0 Å². The van der Waals surface area contributed by atoms with E-state index in [4.69, 9.17) is 23.2 Å². The minimum atomic E-state index is 0.279. The number of rotatable bonds is 4. The summed E-state index contributed by atoms with van der Waals surface area (Å²) in [5.74, 6) is 0.563. The standard InChI is InChI=1S/C17H17BrCl2/c1-11(2)13-4-6-14(7-5-13)15(18)9-12-3-8-16(19)17(20)10-12/h3-8,10-11,15H,9H2,1-2H3. The van der Waals surface area contributed by atoms with E-state index >= 15 is 0 Å². The van der Waals surface area contributed by atoms with Crippen LogP contribution in [-0.4, -0.2) is 0 Å². The summed E-state index contributed by atoms with van der Waals surface area (Å²) in [7, 11) is 0. The van der Waals surface area contributed by atoms with Gasteiger partial charge in [0.1, 0.15) is 0 Å². The lowest BCUT2D eigenvalue weighted by atomic mass is 9.99. The first-order valence-corrected chi connectivity index (χ1v) is 8.32. The molecule has 0 spiro atoms. The molecule has 0 aliphatic rings. The Morgan fingerprint density at radius 3 is 2.05 bits per heavy atom. The first-order chi connectivity index (χ1) is 9.47. The van der Waals surface area contributed by atoms with Crippen LogP contribution in [0.4, 0.5) is 0 Å². The van der Waals surface area contributed by atoms with Crippen molar-refractivity contribution in [2.24, 2.45) is 0 Å². The van der Waals surface area contributed by atoms with Crippen LogP contribution in [-0.2, 0) is 6.42 Å². The van der Waals surface area contributed by atoms with Crippen LogP contribution >= 0.6 is 39.1 Å². The van der Waals surface area contributed by atoms with Crippen molar-refractivity contribution in [1.29, 1.82) is 0 Å². The molecule has 20 heavy (non-hydrogen) atoms. The van der Waals surface area contributed by atoms with Gasteiger partial charge >= 0.3 is 0 Å². The lowest BCUT2D eigenvalue weighted by Crippen LogP contribution is -1.96. The van der Waals surface area contributed by atoms with Crippen molar-refractivity contribution in [3.8, 4) is 0 Å². The molecule has 0 saturated heterocycles. The second-order valence-electron chi connectivity index (χ2n) is 5.24. The van der Waals surface area contributed by atoms with Crippen molar-refractivity contribution < 1.29 is 0 Å². The Morgan fingerprint density at radius 2 is 1.50 bits per heavy atom. The molecule has 0 aliphatic heterocycles. The van der Waals surface area contributed by atoms with Crippen molar-refractivity contribution in [2.45, 2.75) is 31.0 Å². The Balaban J connectivity index is 2.10. The van der Waals surface area contributed by atoms with Gasteiger partial charge in [-0.05, 0) is 41.2 Å². The van der Waals surface area contributed by atoms with Gasteiger partial charge in [0.2, 0.25) is 0 Å². The summed E-state index contributed by atoms with van der Waals surface area (Å²) in [4.78, 5) is 0.279. The molecule has 2 aromatic carbocycles. The predicted molar refractivity (Wildman–Crippen MR) is 92.4 cm³/mol. The summed E-state index contributed by atoms with van der Waals surface area (Å²) < 4.78 is 0. The van der Waals surface area contributed by atoms with E-state index in [-0.39, 0.29) is 4.83 Å². The predicted octanol–water partition coefficient (Wildman–Crippen LogP) is 6.80. The minimum absolute atomic E-state index is 0.279. The Bertz CT molecular complexity index is 576. The third kappa shape index (κ3) is 4.00. The van der Waals surface area contributed by atoms with Crippen LogP contribution in [0.1, 0.15) is 41.3 Å². The molecule has 0 amide bonds. The zero-order valence-corrected chi connectivity index (χ0v) is 14.6. The van der Waals surface area contributed by atoms with Gasteiger partial charge in [0.25, 0.3) is 0 Å². The fourth-order valence-electron chi connectivity index (χ4n) is 2.08. The third-order valence-corrected chi connectivity index (χ3v) is 4.96. The normalized spacial score (nSPS) is 12.7. The van der Waals surface area contributed by atoms with Crippen LogP contribution in [0.25, 0.3) is 0 Å².